The van der Waals surface area contributed by atoms with E-state index in [0.717, 1.165) is 23.5 Å². The third-order valence-corrected chi connectivity index (χ3v) is 6.52. The number of anilines is 2. The van der Waals surface area contributed by atoms with E-state index in [1.807, 2.05) is 49.7 Å². The number of hydrogen-bond donors (Lipinski definition) is 2. The second kappa shape index (κ2) is 9.34. The summed E-state index contributed by atoms with van der Waals surface area (Å²) in [6.45, 7) is 6.59. The van der Waals surface area contributed by atoms with Crippen LogP contribution in [0.2, 0.25) is 0 Å². The first-order chi connectivity index (χ1) is 17.8. The highest BCUT2D eigenvalue weighted by atomic mass is 16.2. The SMILES string of the molecule is CCn1ncc(-c2cc(C(=O)Nc3cnn(C)c3C(=O)Nc3cnn(C)c3C)c3ccccc3n2)c1C. The number of hydrogen-bond acceptors (Lipinski definition) is 6. The topological polar surface area (TPSA) is 125 Å². The fraction of sp³-hybridized carbons (Fsp3) is 0.231. The summed E-state index contributed by atoms with van der Waals surface area (Å²) in [6, 6.07) is 9.23. The van der Waals surface area contributed by atoms with E-state index in [1.54, 1.807) is 37.2 Å². The fourth-order valence-electron chi connectivity index (χ4n) is 4.31. The maximum atomic E-state index is 13.6. The van der Waals surface area contributed by atoms with Crippen LogP contribution in [0.15, 0.2) is 48.9 Å². The smallest absolute Gasteiger partial charge is 0.276 e. The summed E-state index contributed by atoms with van der Waals surface area (Å²) in [5, 5.41) is 19.2. The van der Waals surface area contributed by atoms with E-state index in [4.69, 9.17) is 4.98 Å². The minimum atomic E-state index is -0.408. The normalized spacial score (nSPS) is 11.2. The van der Waals surface area contributed by atoms with E-state index in [2.05, 4.69) is 25.9 Å². The Morgan fingerprint density at radius 3 is 2.27 bits per heavy atom. The van der Waals surface area contributed by atoms with Gasteiger partial charge in [-0.15, -0.1) is 0 Å². The first-order valence-electron chi connectivity index (χ1n) is 11.8. The molecular weight excluding hydrogens is 470 g/mol. The molecule has 0 saturated heterocycles. The number of nitrogens with one attached hydrogen (secondary N) is 2. The number of aryl methyl sites for hydroxylation is 3. The molecule has 0 aliphatic rings. The molecule has 0 aliphatic heterocycles. The molecule has 0 saturated carbocycles. The number of nitrogens with zero attached hydrogens (tertiary/aromatic N) is 7. The summed E-state index contributed by atoms with van der Waals surface area (Å²) in [4.78, 5) is 31.5. The highest BCUT2D eigenvalue weighted by Gasteiger charge is 2.22. The average Bonchev–Trinajstić information content (AvgIpc) is 3.55. The Morgan fingerprint density at radius 1 is 0.865 bits per heavy atom. The van der Waals surface area contributed by atoms with Gasteiger partial charge in [0.15, 0.2) is 0 Å². The Balaban J connectivity index is 1.51. The third-order valence-electron chi connectivity index (χ3n) is 6.52. The molecule has 188 valence electrons. The van der Waals surface area contributed by atoms with Gasteiger partial charge >= 0.3 is 0 Å². The van der Waals surface area contributed by atoms with Gasteiger partial charge in [0.1, 0.15) is 5.69 Å². The highest BCUT2D eigenvalue weighted by Crippen LogP contribution is 2.28. The molecular formula is C26H27N9O2. The van der Waals surface area contributed by atoms with Crippen LogP contribution in [0.3, 0.4) is 0 Å². The first-order valence-corrected chi connectivity index (χ1v) is 11.8. The number of carbonyl (C=O) groups excluding carboxylic acids is 2. The molecule has 2 N–H and O–H groups in total. The summed E-state index contributed by atoms with van der Waals surface area (Å²) in [5.74, 6) is -0.783. The standard InChI is InChI=1S/C26H27N9O2/c1-6-35-15(2)19(12-29-35)21-11-18(17-9-7-8-10-20(17)30-21)25(36)32-23-14-28-34(5)24(23)26(37)31-22-13-27-33(4)16(22)3/h7-14H,6H2,1-5H3,(H,31,37)(H,32,36). The van der Waals surface area contributed by atoms with E-state index in [0.29, 0.717) is 33.5 Å². The second-order valence-electron chi connectivity index (χ2n) is 8.74. The van der Waals surface area contributed by atoms with E-state index in [-0.39, 0.29) is 11.6 Å². The monoisotopic (exact) mass is 497 g/mol. The van der Waals surface area contributed by atoms with Crippen molar-refractivity contribution in [3.8, 4) is 11.3 Å². The Kier molecular flexibility index (Phi) is 6.04. The molecule has 0 aliphatic carbocycles. The van der Waals surface area contributed by atoms with Gasteiger partial charge in [0.25, 0.3) is 11.8 Å². The molecule has 0 spiro atoms. The predicted molar refractivity (Wildman–Crippen MR) is 140 cm³/mol. The van der Waals surface area contributed by atoms with Gasteiger partial charge < -0.3 is 10.6 Å². The van der Waals surface area contributed by atoms with Gasteiger partial charge in [-0.1, -0.05) is 18.2 Å². The predicted octanol–water partition coefficient (Wildman–Crippen LogP) is 3.71. The summed E-state index contributed by atoms with van der Waals surface area (Å²) < 4.78 is 4.98. The van der Waals surface area contributed by atoms with E-state index >= 15 is 0 Å². The second-order valence-corrected chi connectivity index (χ2v) is 8.74. The number of aromatic nitrogens is 7. The molecule has 37 heavy (non-hydrogen) atoms. The van der Waals surface area contributed by atoms with Crippen molar-refractivity contribution in [3.05, 3.63) is 71.6 Å². The summed E-state index contributed by atoms with van der Waals surface area (Å²) in [7, 11) is 3.44. The highest BCUT2D eigenvalue weighted by molar-refractivity contribution is 6.16. The molecule has 0 radical (unpaired) electrons. The Bertz CT molecular complexity index is 1660. The summed E-state index contributed by atoms with van der Waals surface area (Å²) in [5.41, 5.74) is 5.49. The minimum absolute atomic E-state index is 0.218. The lowest BCUT2D eigenvalue weighted by atomic mass is 10.0. The molecule has 5 rings (SSSR count). The van der Waals surface area contributed by atoms with Crippen LogP contribution < -0.4 is 10.6 Å². The quantitative estimate of drug-likeness (QED) is 0.369. The van der Waals surface area contributed by atoms with Gasteiger partial charge in [-0.3, -0.25) is 23.6 Å². The van der Waals surface area contributed by atoms with Gasteiger partial charge in [-0.25, -0.2) is 4.98 Å². The van der Waals surface area contributed by atoms with Crippen molar-refractivity contribution in [1.29, 1.82) is 0 Å². The minimum Gasteiger partial charge on any atom is -0.319 e. The van der Waals surface area contributed by atoms with Crippen LogP contribution in [0.5, 0.6) is 0 Å². The van der Waals surface area contributed by atoms with E-state index in [9.17, 15) is 9.59 Å². The van der Waals surface area contributed by atoms with E-state index in [1.165, 1.54) is 10.9 Å². The van der Waals surface area contributed by atoms with Gasteiger partial charge in [0.05, 0.1) is 52.4 Å². The largest absolute Gasteiger partial charge is 0.319 e. The van der Waals surface area contributed by atoms with Crippen LogP contribution in [0.25, 0.3) is 22.2 Å². The maximum Gasteiger partial charge on any atom is 0.276 e. The molecule has 0 unspecified atom stereocenters. The molecule has 1 aromatic carbocycles. The maximum absolute atomic E-state index is 13.6. The van der Waals surface area contributed by atoms with Crippen LogP contribution in [0.1, 0.15) is 39.2 Å². The van der Waals surface area contributed by atoms with Crippen LogP contribution in [0.4, 0.5) is 11.4 Å². The summed E-state index contributed by atoms with van der Waals surface area (Å²) in [6.07, 6.45) is 4.80. The van der Waals surface area contributed by atoms with Crippen LogP contribution in [-0.2, 0) is 20.6 Å². The summed E-state index contributed by atoms with van der Waals surface area (Å²) >= 11 is 0. The Morgan fingerprint density at radius 2 is 1.57 bits per heavy atom. The number of carbonyl (C=O) groups is 2. The van der Waals surface area contributed by atoms with Gasteiger partial charge in [-0.05, 0) is 32.9 Å². The molecule has 0 fully saturated rings. The van der Waals surface area contributed by atoms with Crippen molar-refractivity contribution >= 4 is 34.1 Å². The number of pyridine rings is 1. The number of fused-ring (bicyclic) bond motifs is 1. The van der Waals surface area contributed by atoms with Crippen molar-refractivity contribution in [2.45, 2.75) is 27.3 Å². The average molecular weight is 498 g/mol. The lowest BCUT2D eigenvalue weighted by Gasteiger charge is -2.12. The molecule has 0 atom stereocenters. The number of rotatable bonds is 6. The van der Waals surface area contributed by atoms with Crippen molar-refractivity contribution in [1.82, 2.24) is 34.3 Å². The number of para-hydroxylation sites is 1. The molecule has 2 amide bonds. The van der Waals surface area contributed by atoms with Crippen LogP contribution in [0, 0.1) is 13.8 Å². The zero-order valence-electron chi connectivity index (χ0n) is 21.3. The van der Waals surface area contributed by atoms with E-state index < -0.39 is 5.91 Å². The molecule has 0 bridgehead atoms. The van der Waals surface area contributed by atoms with Crippen LogP contribution >= 0.6 is 0 Å². The van der Waals surface area contributed by atoms with Crippen LogP contribution in [-0.4, -0.2) is 46.1 Å². The lowest BCUT2D eigenvalue weighted by molar-refractivity contribution is 0.101. The van der Waals surface area contributed by atoms with Crippen molar-refractivity contribution in [2.75, 3.05) is 10.6 Å². The van der Waals surface area contributed by atoms with Crippen molar-refractivity contribution < 1.29 is 9.59 Å². The Labute approximate surface area is 213 Å². The zero-order chi connectivity index (χ0) is 26.3. The molecule has 11 heteroatoms. The van der Waals surface area contributed by atoms with Crippen molar-refractivity contribution in [3.63, 3.8) is 0 Å². The van der Waals surface area contributed by atoms with Gasteiger partial charge in [0, 0.05) is 37.3 Å². The first kappa shape index (κ1) is 23.9. The molecule has 4 heterocycles. The third kappa shape index (κ3) is 4.24. The lowest BCUT2D eigenvalue weighted by Crippen LogP contribution is -2.20. The van der Waals surface area contributed by atoms with Gasteiger partial charge in [-0.2, -0.15) is 15.3 Å². The molecule has 11 nitrogen and oxygen atoms in total. The molecule has 5 aromatic rings. The number of amides is 2. The number of benzene rings is 1. The fourth-order valence-corrected chi connectivity index (χ4v) is 4.31. The molecule has 4 aromatic heterocycles. The van der Waals surface area contributed by atoms with Crippen molar-refractivity contribution in [2.24, 2.45) is 14.1 Å². The Hall–Kier alpha value is -4.80. The zero-order valence-corrected chi connectivity index (χ0v) is 21.3. The van der Waals surface area contributed by atoms with Gasteiger partial charge in [0.2, 0.25) is 0 Å².